The van der Waals surface area contributed by atoms with Gasteiger partial charge in [-0.3, -0.25) is 14.2 Å². The van der Waals surface area contributed by atoms with Gasteiger partial charge in [-0.2, -0.15) is 0 Å². The minimum absolute atomic E-state index is 0.0231. The number of pyridine rings is 1. The quantitative estimate of drug-likeness (QED) is 0.858. The maximum atomic E-state index is 12.8. The largest absolute Gasteiger partial charge is 0.337 e. The highest BCUT2D eigenvalue weighted by atomic mass is 16.2. The number of imidazole rings is 1. The SMILES string of the molecule is CC(C)CC(=O)Nc1ccc(-n2cnc(C(=O)N3C[C@H](C)C[C@@H](C)C3)c2)nc1. The van der Waals surface area contributed by atoms with E-state index in [2.05, 4.69) is 29.1 Å². The molecule has 0 aromatic carbocycles. The van der Waals surface area contributed by atoms with E-state index in [1.807, 2.05) is 18.7 Å². The van der Waals surface area contributed by atoms with Crippen LogP contribution < -0.4 is 5.32 Å². The summed E-state index contributed by atoms with van der Waals surface area (Å²) in [6.07, 6.45) is 6.56. The molecule has 2 aromatic rings. The fourth-order valence-corrected chi connectivity index (χ4v) is 3.74. The molecule has 3 heterocycles. The molecule has 0 bridgehead atoms. The predicted molar refractivity (Wildman–Crippen MR) is 108 cm³/mol. The first-order valence-electron chi connectivity index (χ1n) is 9.91. The van der Waals surface area contributed by atoms with Crippen molar-refractivity contribution in [3.63, 3.8) is 0 Å². The van der Waals surface area contributed by atoms with Crippen LogP contribution in [-0.2, 0) is 4.79 Å². The Balaban J connectivity index is 1.66. The summed E-state index contributed by atoms with van der Waals surface area (Å²) in [6, 6.07) is 3.60. The Labute approximate surface area is 166 Å². The molecule has 0 saturated carbocycles. The van der Waals surface area contributed by atoms with Gasteiger partial charge in [-0.15, -0.1) is 0 Å². The average Bonchev–Trinajstić information content (AvgIpc) is 3.10. The van der Waals surface area contributed by atoms with Crippen molar-refractivity contribution in [2.75, 3.05) is 18.4 Å². The molecule has 7 nitrogen and oxygen atoms in total. The van der Waals surface area contributed by atoms with E-state index in [-0.39, 0.29) is 11.8 Å². The molecule has 2 atom stereocenters. The second-order valence-electron chi connectivity index (χ2n) is 8.37. The molecule has 1 N–H and O–H groups in total. The first kappa shape index (κ1) is 20.0. The molecule has 150 valence electrons. The number of aromatic nitrogens is 3. The van der Waals surface area contributed by atoms with E-state index in [4.69, 9.17) is 0 Å². The number of rotatable bonds is 5. The highest BCUT2D eigenvalue weighted by molar-refractivity contribution is 5.92. The number of hydrogen-bond acceptors (Lipinski definition) is 4. The smallest absolute Gasteiger partial charge is 0.274 e. The molecular formula is C21H29N5O2. The summed E-state index contributed by atoms with van der Waals surface area (Å²) in [7, 11) is 0. The zero-order valence-corrected chi connectivity index (χ0v) is 17.1. The van der Waals surface area contributed by atoms with Gasteiger partial charge in [0.15, 0.2) is 0 Å². The maximum absolute atomic E-state index is 12.8. The number of carbonyl (C=O) groups is 2. The van der Waals surface area contributed by atoms with Crippen molar-refractivity contribution in [1.29, 1.82) is 0 Å². The van der Waals surface area contributed by atoms with Gasteiger partial charge in [-0.05, 0) is 36.3 Å². The van der Waals surface area contributed by atoms with Gasteiger partial charge in [0.25, 0.3) is 5.91 Å². The van der Waals surface area contributed by atoms with Crippen LogP contribution in [-0.4, -0.2) is 44.3 Å². The Morgan fingerprint density at radius 2 is 1.89 bits per heavy atom. The van der Waals surface area contributed by atoms with Gasteiger partial charge in [0, 0.05) is 25.7 Å². The Bertz CT molecular complexity index is 818. The van der Waals surface area contributed by atoms with Gasteiger partial charge in [0.2, 0.25) is 5.91 Å². The van der Waals surface area contributed by atoms with E-state index in [0.29, 0.717) is 41.4 Å². The topological polar surface area (TPSA) is 80.1 Å². The molecule has 1 fully saturated rings. The zero-order chi connectivity index (χ0) is 20.3. The van der Waals surface area contributed by atoms with E-state index in [9.17, 15) is 9.59 Å². The summed E-state index contributed by atoms with van der Waals surface area (Å²) in [4.78, 5) is 35.2. The van der Waals surface area contributed by atoms with Crippen LogP contribution in [0, 0.1) is 17.8 Å². The first-order chi connectivity index (χ1) is 13.3. The van der Waals surface area contributed by atoms with E-state index >= 15 is 0 Å². The fourth-order valence-electron chi connectivity index (χ4n) is 3.74. The van der Waals surface area contributed by atoms with Crippen LogP contribution in [0.1, 0.15) is 51.0 Å². The predicted octanol–water partition coefficient (Wildman–Crippen LogP) is 3.37. The summed E-state index contributed by atoms with van der Waals surface area (Å²) < 4.78 is 1.73. The maximum Gasteiger partial charge on any atom is 0.274 e. The van der Waals surface area contributed by atoms with Crippen molar-refractivity contribution in [2.24, 2.45) is 17.8 Å². The van der Waals surface area contributed by atoms with Crippen LogP contribution in [0.5, 0.6) is 0 Å². The lowest BCUT2D eigenvalue weighted by atomic mass is 9.92. The van der Waals surface area contributed by atoms with Crippen molar-refractivity contribution in [3.8, 4) is 5.82 Å². The van der Waals surface area contributed by atoms with Crippen molar-refractivity contribution >= 4 is 17.5 Å². The molecule has 2 amide bonds. The Hall–Kier alpha value is -2.70. The number of carbonyl (C=O) groups excluding carboxylic acids is 2. The molecule has 0 radical (unpaired) electrons. The van der Waals surface area contributed by atoms with E-state index < -0.39 is 0 Å². The van der Waals surface area contributed by atoms with Gasteiger partial charge >= 0.3 is 0 Å². The number of anilines is 1. The van der Waals surface area contributed by atoms with Gasteiger partial charge in [0.05, 0.1) is 11.9 Å². The minimum atomic E-state index is -0.0327. The molecule has 7 heteroatoms. The number of hydrogen-bond donors (Lipinski definition) is 1. The molecule has 1 aliphatic rings. The Kier molecular flexibility index (Phi) is 6.11. The van der Waals surface area contributed by atoms with Crippen molar-refractivity contribution in [2.45, 2.75) is 40.5 Å². The third-order valence-corrected chi connectivity index (χ3v) is 4.85. The Morgan fingerprint density at radius 3 is 2.50 bits per heavy atom. The van der Waals surface area contributed by atoms with Crippen LogP contribution >= 0.6 is 0 Å². The number of amides is 2. The molecular weight excluding hydrogens is 354 g/mol. The van der Waals surface area contributed by atoms with E-state index in [0.717, 1.165) is 19.5 Å². The summed E-state index contributed by atoms with van der Waals surface area (Å²) in [5.41, 5.74) is 1.08. The van der Waals surface area contributed by atoms with Gasteiger partial charge in [-0.1, -0.05) is 27.7 Å². The molecule has 3 rings (SSSR count). The van der Waals surface area contributed by atoms with Gasteiger partial charge < -0.3 is 10.2 Å². The molecule has 0 aliphatic carbocycles. The lowest BCUT2D eigenvalue weighted by Crippen LogP contribution is -2.42. The Morgan fingerprint density at radius 1 is 1.18 bits per heavy atom. The number of nitrogens with zero attached hydrogens (tertiary/aromatic N) is 4. The van der Waals surface area contributed by atoms with Gasteiger partial charge in [-0.25, -0.2) is 9.97 Å². The van der Waals surface area contributed by atoms with Crippen molar-refractivity contribution < 1.29 is 9.59 Å². The molecule has 1 saturated heterocycles. The van der Waals surface area contributed by atoms with Crippen LogP contribution in [0.15, 0.2) is 30.9 Å². The highest BCUT2D eigenvalue weighted by Gasteiger charge is 2.27. The average molecular weight is 383 g/mol. The number of piperidine rings is 1. The fraction of sp³-hybridized carbons (Fsp3) is 0.524. The zero-order valence-electron chi connectivity index (χ0n) is 17.1. The van der Waals surface area contributed by atoms with Crippen LogP contribution in [0.2, 0.25) is 0 Å². The van der Waals surface area contributed by atoms with E-state index in [1.54, 1.807) is 35.4 Å². The molecule has 0 spiro atoms. The third kappa shape index (κ3) is 4.97. The lowest BCUT2D eigenvalue weighted by Gasteiger charge is -2.34. The standard InChI is InChI=1S/C21H29N5O2/c1-14(2)7-20(27)24-17-5-6-19(22-9-17)26-12-18(23-13-26)21(28)25-10-15(3)8-16(4)11-25/h5-6,9,12-16H,7-8,10-11H2,1-4H3,(H,24,27)/t15-,16-/m1/s1. The van der Waals surface area contributed by atoms with Crippen molar-refractivity contribution in [1.82, 2.24) is 19.4 Å². The number of nitrogens with one attached hydrogen (secondary N) is 1. The molecule has 1 aliphatic heterocycles. The summed E-state index contributed by atoms with van der Waals surface area (Å²) in [6.45, 7) is 9.92. The van der Waals surface area contributed by atoms with Gasteiger partial charge in [0.1, 0.15) is 17.8 Å². The van der Waals surface area contributed by atoms with Crippen molar-refractivity contribution in [3.05, 3.63) is 36.5 Å². The summed E-state index contributed by atoms with van der Waals surface area (Å²) >= 11 is 0. The number of likely N-dealkylation sites (tertiary alicyclic amines) is 1. The summed E-state index contributed by atoms with van der Waals surface area (Å²) in [5, 5.41) is 2.84. The lowest BCUT2D eigenvalue weighted by molar-refractivity contribution is -0.116. The summed E-state index contributed by atoms with van der Waals surface area (Å²) in [5.74, 6) is 1.92. The first-order valence-corrected chi connectivity index (χ1v) is 9.91. The van der Waals surface area contributed by atoms with Crippen LogP contribution in [0.4, 0.5) is 5.69 Å². The highest BCUT2D eigenvalue weighted by Crippen LogP contribution is 2.22. The van der Waals surface area contributed by atoms with Crippen LogP contribution in [0.25, 0.3) is 5.82 Å². The molecule has 2 aromatic heterocycles. The monoisotopic (exact) mass is 383 g/mol. The molecule has 0 unspecified atom stereocenters. The normalized spacial score (nSPS) is 19.7. The van der Waals surface area contributed by atoms with Crippen LogP contribution in [0.3, 0.4) is 0 Å². The molecule has 28 heavy (non-hydrogen) atoms. The third-order valence-electron chi connectivity index (χ3n) is 4.85. The minimum Gasteiger partial charge on any atom is -0.337 e. The second kappa shape index (κ2) is 8.54. The van der Waals surface area contributed by atoms with E-state index in [1.165, 1.54) is 0 Å². The second-order valence-corrected chi connectivity index (χ2v) is 8.37.